The average Bonchev–Trinajstić information content (AvgIpc) is 3.27. The van der Waals surface area contributed by atoms with Gasteiger partial charge in [0.25, 0.3) is 0 Å². The molecule has 0 aliphatic carbocycles. The molecule has 1 fully saturated rings. The zero-order chi connectivity index (χ0) is 19.2. The highest BCUT2D eigenvalue weighted by Crippen LogP contribution is 2.19. The summed E-state index contributed by atoms with van der Waals surface area (Å²) >= 11 is 0. The monoisotopic (exact) mass is 380 g/mol. The molecule has 0 saturated carbocycles. The van der Waals surface area contributed by atoms with Gasteiger partial charge in [0.05, 0.1) is 30.6 Å². The normalized spacial score (nSPS) is 17.7. The Labute approximate surface area is 155 Å². The van der Waals surface area contributed by atoms with Gasteiger partial charge in [0.1, 0.15) is 5.75 Å². The zero-order valence-electron chi connectivity index (χ0n) is 14.9. The van der Waals surface area contributed by atoms with E-state index in [1.165, 1.54) is 12.1 Å². The molecule has 2 N–H and O–H groups in total. The molecule has 2 atom stereocenters. The number of benzene rings is 1. The second-order valence-corrected chi connectivity index (χ2v) is 6.35. The summed E-state index contributed by atoms with van der Waals surface area (Å²) in [5, 5.41) is 9.74. The van der Waals surface area contributed by atoms with Crippen LogP contribution in [0.1, 0.15) is 31.4 Å². The van der Waals surface area contributed by atoms with E-state index in [1.54, 1.807) is 36.1 Å². The lowest BCUT2D eigenvalue weighted by Crippen LogP contribution is -2.31. The van der Waals surface area contributed by atoms with Crippen LogP contribution in [-0.2, 0) is 11.3 Å². The van der Waals surface area contributed by atoms with Crippen molar-refractivity contribution in [1.82, 2.24) is 15.1 Å². The summed E-state index contributed by atoms with van der Waals surface area (Å²) in [6.07, 6.45) is 5.58. The average molecular weight is 380 g/mol. The summed E-state index contributed by atoms with van der Waals surface area (Å²) < 4.78 is 36.0. The first-order valence-electron chi connectivity index (χ1n) is 8.76. The predicted molar refractivity (Wildman–Crippen MR) is 94.8 cm³/mol. The minimum Gasteiger partial charge on any atom is -0.435 e. The second-order valence-electron chi connectivity index (χ2n) is 6.35. The molecule has 1 aliphatic rings. The number of urea groups is 1. The van der Waals surface area contributed by atoms with Crippen molar-refractivity contribution >= 4 is 11.7 Å². The summed E-state index contributed by atoms with van der Waals surface area (Å²) in [5.41, 5.74) is 1.35. The van der Waals surface area contributed by atoms with Crippen molar-refractivity contribution in [2.24, 2.45) is 0 Å². The lowest BCUT2D eigenvalue weighted by molar-refractivity contribution is -0.0498. The van der Waals surface area contributed by atoms with Gasteiger partial charge >= 0.3 is 12.6 Å². The Hall–Kier alpha value is -2.68. The van der Waals surface area contributed by atoms with E-state index in [2.05, 4.69) is 20.5 Å². The van der Waals surface area contributed by atoms with Crippen molar-refractivity contribution in [3.63, 3.8) is 0 Å². The summed E-state index contributed by atoms with van der Waals surface area (Å²) in [6.45, 7) is 0.376. The number of hydrogen-bond acceptors (Lipinski definition) is 4. The highest BCUT2D eigenvalue weighted by atomic mass is 19.3. The highest BCUT2D eigenvalue weighted by molar-refractivity contribution is 5.89. The van der Waals surface area contributed by atoms with Crippen molar-refractivity contribution in [3.8, 4) is 5.75 Å². The van der Waals surface area contributed by atoms with Crippen LogP contribution in [-0.4, -0.2) is 35.1 Å². The topological polar surface area (TPSA) is 77.4 Å². The molecule has 1 saturated heterocycles. The Morgan fingerprint density at radius 2 is 2.19 bits per heavy atom. The molecule has 27 heavy (non-hydrogen) atoms. The van der Waals surface area contributed by atoms with E-state index >= 15 is 0 Å². The second kappa shape index (κ2) is 8.81. The Bertz CT molecular complexity index is 745. The van der Waals surface area contributed by atoms with Crippen LogP contribution in [0.4, 0.5) is 19.3 Å². The van der Waals surface area contributed by atoms with Crippen LogP contribution < -0.4 is 15.4 Å². The Balaban J connectivity index is 1.49. The number of amides is 2. The van der Waals surface area contributed by atoms with Gasteiger partial charge in [0, 0.05) is 12.8 Å². The van der Waals surface area contributed by atoms with Crippen molar-refractivity contribution in [2.45, 2.75) is 45.1 Å². The Morgan fingerprint density at radius 3 is 2.85 bits per heavy atom. The molecule has 2 heterocycles. The predicted octanol–water partition coefficient (Wildman–Crippen LogP) is 3.55. The van der Waals surface area contributed by atoms with E-state index in [-0.39, 0.29) is 23.9 Å². The number of nitrogens with zero attached hydrogens (tertiary/aromatic N) is 2. The van der Waals surface area contributed by atoms with Crippen molar-refractivity contribution in [3.05, 3.63) is 42.2 Å². The molecule has 7 nitrogen and oxygen atoms in total. The maximum Gasteiger partial charge on any atom is 0.387 e. The van der Waals surface area contributed by atoms with E-state index in [1.807, 2.05) is 0 Å². The number of aromatic nitrogens is 2. The van der Waals surface area contributed by atoms with Gasteiger partial charge in [0.15, 0.2) is 0 Å². The minimum atomic E-state index is -2.86. The van der Waals surface area contributed by atoms with Crippen LogP contribution in [0.25, 0.3) is 0 Å². The molecular formula is C18H22F2N4O3. The highest BCUT2D eigenvalue weighted by Gasteiger charge is 2.17. The standard InChI is InChI=1S/C18H22F2N4O3/c1-12(13-4-6-15(7-5-13)27-17(19)20)22-18(25)23-14-9-21-24(10-14)11-16-3-2-8-26-16/h4-7,9-10,12,16-17H,2-3,8,11H2,1H3,(H2,22,23,25). The quantitative estimate of drug-likeness (QED) is 0.770. The van der Waals surface area contributed by atoms with E-state index < -0.39 is 6.61 Å². The molecule has 2 amide bonds. The lowest BCUT2D eigenvalue weighted by atomic mass is 10.1. The lowest BCUT2D eigenvalue weighted by Gasteiger charge is -2.15. The molecule has 2 unspecified atom stereocenters. The number of carbonyl (C=O) groups is 1. The Morgan fingerprint density at radius 1 is 1.41 bits per heavy atom. The van der Waals surface area contributed by atoms with E-state index in [0.717, 1.165) is 25.0 Å². The molecule has 0 bridgehead atoms. The molecule has 0 spiro atoms. The van der Waals surface area contributed by atoms with Gasteiger partial charge in [-0.1, -0.05) is 12.1 Å². The van der Waals surface area contributed by atoms with Crippen molar-refractivity contribution < 1.29 is 23.0 Å². The summed E-state index contributed by atoms with van der Waals surface area (Å²) in [5.74, 6) is 0.0732. The third-order valence-electron chi connectivity index (χ3n) is 4.26. The fourth-order valence-corrected chi connectivity index (χ4v) is 2.91. The maximum atomic E-state index is 12.2. The first kappa shape index (κ1) is 19.1. The van der Waals surface area contributed by atoms with Gasteiger partial charge in [-0.15, -0.1) is 0 Å². The number of ether oxygens (including phenoxy) is 2. The zero-order valence-corrected chi connectivity index (χ0v) is 14.9. The fourth-order valence-electron chi connectivity index (χ4n) is 2.91. The maximum absolute atomic E-state index is 12.2. The third kappa shape index (κ3) is 5.65. The van der Waals surface area contributed by atoms with Crippen LogP contribution in [0.15, 0.2) is 36.7 Å². The molecular weight excluding hydrogens is 358 g/mol. The van der Waals surface area contributed by atoms with Gasteiger partial charge in [0.2, 0.25) is 0 Å². The van der Waals surface area contributed by atoms with Crippen LogP contribution in [0, 0.1) is 0 Å². The Kier molecular flexibility index (Phi) is 6.23. The van der Waals surface area contributed by atoms with Crippen LogP contribution in [0.3, 0.4) is 0 Å². The first-order valence-corrected chi connectivity index (χ1v) is 8.76. The number of hydrogen-bond donors (Lipinski definition) is 2. The fraction of sp³-hybridized carbons (Fsp3) is 0.444. The number of nitrogens with one attached hydrogen (secondary N) is 2. The molecule has 3 rings (SSSR count). The molecule has 9 heteroatoms. The van der Waals surface area contributed by atoms with Gasteiger partial charge in [-0.2, -0.15) is 13.9 Å². The summed E-state index contributed by atoms with van der Waals surface area (Å²) in [7, 11) is 0. The molecule has 2 aromatic rings. The van der Waals surface area contributed by atoms with Gasteiger partial charge < -0.3 is 20.1 Å². The summed E-state index contributed by atoms with van der Waals surface area (Å²) in [4.78, 5) is 12.2. The largest absolute Gasteiger partial charge is 0.435 e. The minimum absolute atomic E-state index is 0.0732. The number of carbonyl (C=O) groups excluding carboxylic acids is 1. The van der Waals surface area contributed by atoms with Crippen LogP contribution >= 0.6 is 0 Å². The number of halogens is 2. The van der Waals surface area contributed by atoms with Crippen LogP contribution in [0.2, 0.25) is 0 Å². The molecule has 1 aliphatic heterocycles. The molecule has 0 radical (unpaired) electrons. The van der Waals surface area contributed by atoms with Crippen molar-refractivity contribution in [1.29, 1.82) is 0 Å². The number of alkyl halides is 2. The molecule has 1 aromatic heterocycles. The SMILES string of the molecule is CC(NC(=O)Nc1cnn(CC2CCCO2)c1)c1ccc(OC(F)F)cc1. The smallest absolute Gasteiger partial charge is 0.387 e. The van der Waals surface area contributed by atoms with E-state index in [0.29, 0.717) is 12.2 Å². The molecule has 1 aromatic carbocycles. The van der Waals surface area contributed by atoms with Gasteiger partial charge in [-0.3, -0.25) is 4.68 Å². The number of rotatable bonds is 7. The third-order valence-corrected chi connectivity index (χ3v) is 4.26. The summed E-state index contributed by atoms with van der Waals surface area (Å²) in [6, 6.07) is 5.43. The van der Waals surface area contributed by atoms with Gasteiger partial charge in [-0.05, 0) is 37.5 Å². The van der Waals surface area contributed by atoms with Gasteiger partial charge in [-0.25, -0.2) is 4.79 Å². The number of anilines is 1. The first-order chi connectivity index (χ1) is 13.0. The van der Waals surface area contributed by atoms with Crippen LogP contribution in [0.5, 0.6) is 5.75 Å². The van der Waals surface area contributed by atoms with E-state index in [4.69, 9.17) is 4.74 Å². The van der Waals surface area contributed by atoms with E-state index in [9.17, 15) is 13.6 Å². The molecule has 146 valence electrons. The van der Waals surface area contributed by atoms with Crippen molar-refractivity contribution in [2.75, 3.05) is 11.9 Å².